The second-order valence-electron chi connectivity index (χ2n) is 5.68. The molecule has 18 heavy (non-hydrogen) atoms. The second-order valence-corrected chi connectivity index (χ2v) is 5.68. The summed E-state index contributed by atoms with van der Waals surface area (Å²) in [7, 11) is 4.18. The zero-order valence-corrected chi connectivity index (χ0v) is 11.0. The number of phenolic OH excluding ortho intramolecular Hbond substituents is 1. The van der Waals surface area contributed by atoms with E-state index in [1.54, 1.807) is 12.1 Å². The molecule has 1 N–H and O–H groups in total. The molecule has 0 amide bonds. The lowest BCUT2D eigenvalue weighted by Crippen LogP contribution is -2.45. The highest BCUT2D eigenvalue weighted by Crippen LogP contribution is 2.52. The van der Waals surface area contributed by atoms with Crippen molar-refractivity contribution in [3.63, 3.8) is 0 Å². The van der Waals surface area contributed by atoms with Crippen LogP contribution < -0.4 is 4.90 Å². The first-order valence-electron chi connectivity index (χ1n) is 6.25. The summed E-state index contributed by atoms with van der Waals surface area (Å²) in [6.07, 6.45) is 2.10. The van der Waals surface area contributed by atoms with Gasteiger partial charge in [-0.1, -0.05) is 6.92 Å². The van der Waals surface area contributed by atoms with Crippen LogP contribution in [0.4, 0.5) is 5.69 Å². The van der Waals surface area contributed by atoms with E-state index in [1.165, 1.54) is 0 Å². The van der Waals surface area contributed by atoms with Gasteiger partial charge in [-0.3, -0.25) is 9.69 Å². The molecule has 0 radical (unpaired) electrons. The van der Waals surface area contributed by atoms with Gasteiger partial charge >= 0.3 is 0 Å². The van der Waals surface area contributed by atoms with E-state index in [0.717, 1.165) is 24.2 Å². The van der Waals surface area contributed by atoms with Crippen LogP contribution in [-0.2, 0) is 5.41 Å². The highest BCUT2D eigenvalue weighted by atomic mass is 16.3. The fraction of sp³-hybridized carbons (Fsp3) is 0.500. The second kappa shape index (κ2) is 3.48. The Morgan fingerprint density at radius 2 is 2.17 bits per heavy atom. The Bertz CT molecular complexity index is 529. The zero-order valence-electron chi connectivity index (χ0n) is 11.0. The molecule has 0 aromatic heterocycles. The van der Waals surface area contributed by atoms with Crippen molar-refractivity contribution in [2.45, 2.75) is 24.9 Å². The van der Waals surface area contributed by atoms with E-state index < -0.39 is 0 Å². The number of aromatic hydroxyl groups is 1. The Morgan fingerprint density at radius 3 is 2.83 bits per heavy atom. The summed E-state index contributed by atoms with van der Waals surface area (Å²) in [6.45, 7) is 3.30. The van der Waals surface area contributed by atoms with Crippen molar-refractivity contribution in [3.05, 3.63) is 23.3 Å². The molecule has 0 bridgehead atoms. The number of carbonyl (C=O) groups excluding carboxylic acids is 1. The van der Waals surface area contributed by atoms with Crippen LogP contribution in [0.15, 0.2) is 12.1 Å². The molecule has 2 heterocycles. The lowest BCUT2D eigenvalue weighted by atomic mass is 9.81. The van der Waals surface area contributed by atoms with Gasteiger partial charge < -0.3 is 10.0 Å². The molecule has 2 aliphatic heterocycles. The number of phenols is 1. The molecule has 2 atom stereocenters. The third kappa shape index (κ3) is 1.21. The van der Waals surface area contributed by atoms with Crippen molar-refractivity contribution in [1.29, 1.82) is 0 Å². The monoisotopic (exact) mass is 246 g/mol. The van der Waals surface area contributed by atoms with Crippen LogP contribution in [0.2, 0.25) is 0 Å². The number of likely N-dealkylation sites (tertiary alicyclic amines) is 1. The number of aldehydes is 1. The lowest BCUT2D eigenvalue weighted by Gasteiger charge is -2.32. The quantitative estimate of drug-likeness (QED) is 0.764. The molecule has 4 nitrogen and oxygen atoms in total. The molecule has 3 rings (SSSR count). The molecule has 1 saturated heterocycles. The third-order valence-corrected chi connectivity index (χ3v) is 4.61. The molecule has 0 unspecified atom stereocenters. The van der Waals surface area contributed by atoms with Crippen LogP contribution in [0.3, 0.4) is 0 Å². The summed E-state index contributed by atoms with van der Waals surface area (Å²) >= 11 is 0. The van der Waals surface area contributed by atoms with E-state index in [-0.39, 0.29) is 11.2 Å². The van der Waals surface area contributed by atoms with Gasteiger partial charge in [-0.15, -0.1) is 0 Å². The summed E-state index contributed by atoms with van der Waals surface area (Å²) in [5.41, 5.74) is 2.63. The van der Waals surface area contributed by atoms with Gasteiger partial charge in [0.25, 0.3) is 0 Å². The maximum absolute atomic E-state index is 10.9. The van der Waals surface area contributed by atoms with E-state index in [1.807, 2.05) is 0 Å². The van der Waals surface area contributed by atoms with Gasteiger partial charge in [0.1, 0.15) is 5.75 Å². The van der Waals surface area contributed by atoms with E-state index in [0.29, 0.717) is 18.0 Å². The average Bonchev–Trinajstić information content (AvgIpc) is 2.75. The number of anilines is 1. The molecule has 1 fully saturated rings. The largest absolute Gasteiger partial charge is 0.507 e. The SMILES string of the molecule is CN1CC[C@@]2(C)c3cc(O)c(C=O)cc3N(C)[C@@H]12. The van der Waals surface area contributed by atoms with Crippen LogP contribution in [0.25, 0.3) is 0 Å². The standard InChI is InChI=1S/C14H18N2O2/c1-14-4-5-15(2)13(14)16(3)11-6-9(8-17)12(18)7-10(11)14/h6-8,13,18H,4-5H2,1-3H3/t13-,14+/m1/s1. The Hall–Kier alpha value is -1.55. The molecule has 0 spiro atoms. The first-order valence-corrected chi connectivity index (χ1v) is 6.25. The van der Waals surface area contributed by atoms with Crippen molar-refractivity contribution < 1.29 is 9.90 Å². The van der Waals surface area contributed by atoms with E-state index in [2.05, 4.69) is 30.8 Å². The minimum atomic E-state index is 0.0394. The fourth-order valence-corrected chi connectivity index (χ4v) is 3.71. The highest BCUT2D eigenvalue weighted by Gasteiger charge is 2.52. The number of rotatable bonds is 1. The molecule has 1 aromatic carbocycles. The lowest BCUT2D eigenvalue weighted by molar-refractivity contribution is 0.112. The third-order valence-electron chi connectivity index (χ3n) is 4.61. The number of hydrogen-bond acceptors (Lipinski definition) is 4. The number of benzene rings is 1. The van der Waals surface area contributed by atoms with Crippen molar-refractivity contribution in [2.24, 2.45) is 0 Å². The Balaban J connectivity index is 2.21. The maximum atomic E-state index is 10.9. The Labute approximate surface area is 107 Å². The van der Waals surface area contributed by atoms with Crippen LogP contribution >= 0.6 is 0 Å². The molecule has 1 aromatic rings. The van der Waals surface area contributed by atoms with Gasteiger partial charge in [0, 0.05) is 24.7 Å². The first kappa shape index (κ1) is 11.5. The number of nitrogens with zero attached hydrogens (tertiary/aromatic N) is 2. The van der Waals surface area contributed by atoms with E-state index in [4.69, 9.17) is 0 Å². The minimum absolute atomic E-state index is 0.0394. The number of carbonyl (C=O) groups is 1. The highest BCUT2D eigenvalue weighted by molar-refractivity contribution is 5.84. The molecule has 4 heteroatoms. The summed E-state index contributed by atoms with van der Waals surface area (Å²) in [6, 6.07) is 3.57. The van der Waals surface area contributed by atoms with Gasteiger partial charge in [-0.05, 0) is 31.2 Å². The van der Waals surface area contributed by atoms with E-state index in [9.17, 15) is 9.90 Å². The van der Waals surface area contributed by atoms with Crippen molar-refractivity contribution >= 4 is 12.0 Å². The van der Waals surface area contributed by atoms with Crippen LogP contribution in [0, 0.1) is 0 Å². The van der Waals surface area contributed by atoms with Gasteiger partial charge in [0.2, 0.25) is 0 Å². The minimum Gasteiger partial charge on any atom is -0.507 e. The molecule has 0 saturated carbocycles. The fourth-order valence-electron chi connectivity index (χ4n) is 3.71. The van der Waals surface area contributed by atoms with E-state index >= 15 is 0 Å². The predicted octanol–water partition coefficient (Wildman–Crippen LogP) is 1.57. The first-order chi connectivity index (χ1) is 8.49. The molecular formula is C14H18N2O2. The maximum Gasteiger partial charge on any atom is 0.153 e. The summed E-state index contributed by atoms with van der Waals surface area (Å²) in [5.74, 6) is 0.0913. The molecular weight excluding hydrogens is 228 g/mol. The summed E-state index contributed by atoms with van der Waals surface area (Å²) < 4.78 is 0. The summed E-state index contributed by atoms with van der Waals surface area (Å²) in [5, 5.41) is 9.90. The van der Waals surface area contributed by atoms with Crippen molar-refractivity contribution in [1.82, 2.24) is 4.90 Å². The Morgan fingerprint density at radius 1 is 1.44 bits per heavy atom. The van der Waals surface area contributed by atoms with Crippen molar-refractivity contribution in [3.8, 4) is 5.75 Å². The topological polar surface area (TPSA) is 43.8 Å². The number of fused-ring (bicyclic) bond motifs is 3. The van der Waals surface area contributed by atoms with Crippen molar-refractivity contribution in [2.75, 3.05) is 25.5 Å². The van der Waals surface area contributed by atoms with Crippen LogP contribution in [-0.4, -0.2) is 43.1 Å². The predicted molar refractivity (Wildman–Crippen MR) is 70.3 cm³/mol. The van der Waals surface area contributed by atoms with Gasteiger partial charge in [-0.2, -0.15) is 0 Å². The smallest absolute Gasteiger partial charge is 0.153 e. The normalized spacial score (nSPS) is 30.4. The number of likely N-dealkylation sites (N-methyl/N-ethyl adjacent to an activating group) is 2. The molecule has 96 valence electrons. The van der Waals surface area contributed by atoms with Gasteiger partial charge in [0.15, 0.2) is 6.29 Å². The molecule has 2 aliphatic rings. The molecule has 0 aliphatic carbocycles. The van der Waals surface area contributed by atoms with Crippen LogP contribution in [0.5, 0.6) is 5.75 Å². The average molecular weight is 246 g/mol. The van der Waals surface area contributed by atoms with Gasteiger partial charge in [-0.25, -0.2) is 0 Å². The zero-order chi connectivity index (χ0) is 13.1. The Kier molecular flexibility index (Phi) is 2.23. The van der Waals surface area contributed by atoms with Crippen LogP contribution in [0.1, 0.15) is 29.3 Å². The van der Waals surface area contributed by atoms with Gasteiger partial charge in [0.05, 0.1) is 11.7 Å². The summed E-state index contributed by atoms with van der Waals surface area (Å²) in [4.78, 5) is 15.5. The number of hydrogen-bond donors (Lipinski definition) is 1.